The molecule has 0 saturated heterocycles. The number of halogens is 1. The SMILES string of the molecule is CC[C@@H](NC(=O)c1oc2c(F)cccc2c1C)c1ccc(OC)cc1. The molecule has 0 spiro atoms. The number of ether oxygens (including phenoxy) is 1. The summed E-state index contributed by atoms with van der Waals surface area (Å²) in [4.78, 5) is 12.7. The van der Waals surface area contributed by atoms with Crippen molar-refractivity contribution in [3.63, 3.8) is 0 Å². The normalized spacial score (nSPS) is 12.2. The summed E-state index contributed by atoms with van der Waals surface area (Å²) >= 11 is 0. The summed E-state index contributed by atoms with van der Waals surface area (Å²) in [6, 6.07) is 12.0. The summed E-state index contributed by atoms with van der Waals surface area (Å²) in [5.74, 6) is 0.0817. The number of nitrogens with one attached hydrogen (secondary N) is 1. The molecule has 1 atom stereocenters. The molecule has 0 aliphatic carbocycles. The van der Waals surface area contributed by atoms with Crippen LogP contribution in [0.4, 0.5) is 4.39 Å². The average molecular weight is 341 g/mol. The van der Waals surface area contributed by atoms with Crippen molar-refractivity contribution in [1.82, 2.24) is 5.32 Å². The third-order valence-corrected chi connectivity index (χ3v) is 4.35. The fraction of sp³-hybridized carbons (Fsp3) is 0.250. The van der Waals surface area contributed by atoms with Gasteiger partial charge in [0.2, 0.25) is 0 Å². The standard InChI is InChI=1S/C20H20FNO3/c1-4-17(13-8-10-14(24-3)11-9-13)22-20(23)18-12(2)15-6-5-7-16(21)19(15)25-18/h5-11,17H,4H2,1-3H3,(H,22,23)/t17-/m1/s1. The first kappa shape index (κ1) is 17.0. The van der Waals surface area contributed by atoms with Crippen LogP contribution in [0.1, 0.15) is 41.1 Å². The number of methoxy groups -OCH3 is 1. The van der Waals surface area contributed by atoms with Gasteiger partial charge in [0.05, 0.1) is 13.2 Å². The third-order valence-electron chi connectivity index (χ3n) is 4.35. The number of amides is 1. The fourth-order valence-electron chi connectivity index (χ4n) is 2.91. The molecular weight excluding hydrogens is 321 g/mol. The average Bonchev–Trinajstić information content (AvgIpc) is 2.98. The minimum absolute atomic E-state index is 0.114. The Kier molecular flexibility index (Phi) is 4.74. The summed E-state index contributed by atoms with van der Waals surface area (Å²) < 4.78 is 24.5. The third kappa shape index (κ3) is 3.22. The largest absolute Gasteiger partial charge is 0.497 e. The number of aryl methyl sites for hydroxylation is 1. The highest BCUT2D eigenvalue weighted by Crippen LogP contribution is 2.28. The molecular formula is C20H20FNO3. The van der Waals surface area contributed by atoms with Gasteiger partial charge in [-0.25, -0.2) is 4.39 Å². The first-order valence-corrected chi connectivity index (χ1v) is 8.17. The minimum atomic E-state index is -0.471. The molecule has 2 aromatic carbocycles. The van der Waals surface area contributed by atoms with Gasteiger partial charge in [0.25, 0.3) is 5.91 Å². The van der Waals surface area contributed by atoms with Gasteiger partial charge in [-0.15, -0.1) is 0 Å². The molecule has 0 fully saturated rings. The van der Waals surface area contributed by atoms with Gasteiger partial charge < -0.3 is 14.5 Å². The molecule has 5 heteroatoms. The lowest BCUT2D eigenvalue weighted by atomic mass is 10.0. The van der Waals surface area contributed by atoms with Crippen LogP contribution in [0.2, 0.25) is 0 Å². The highest BCUT2D eigenvalue weighted by atomic mass is 19.1. The van der Waals surface area contributed by atoms with E-state index >= 15 is 0 Å². The van der Waals surface area contributed by atoms with Gasteiger partial charge >= 0.3 is 0 Å². The van der Waals surface area contributed by atoms with Gasteiger partial charge in [-0.2, -0.15) is 0 Å². The van der Waals surface area contributed by atoms with E-state index in [0.717, 1.165) is 11.3 Å². The molecule has 0 aliphatic heterocycles. The second-order valence-corrected chi connectivity index (χ2v) is 5.88. The van der Waals surface area contributed by atoms with Crippen LogP contribution in [0.25, 0.3) is 11.0 Å². The van der Waals surface area contributed by atoms with Crippen molar-refractivity contribution in [2.45, 2.75) is 26.3 Å². The van der Waals surface area contributed by atoms with Crippen molar-refractivity contribution in [3.05, 3.63) is 65.2 Å². The maximum absolute atomic E-state index is 13.9. The molecule has 4 nitrogen and oxygen atoms in total. The first-order valence-electron chi connectivity index (χ1n) is 8.17. The minimum Gasteiger partial charge on any atom is -0.497 e. The Bertz CT molecular complexity index is 899. The van der Waals surface area contributed by atoms with Gasteiger partial charge in [-0.05, 0) is 37.1 Å². The number of rotatable bonds is 5. The number of hydrogen-bond donors (Lipinski definition) is 1. The van der Waals surface area contributed by atoms with E-state index in [1.54, 1.807) is 26.2 Å². The number of hydrogen-bond acceptors (Lipinski definition) is 3. The highest BCUT2D eigenvalue weighted by molar-refractivity contribution is 5.99. The van der Waals surface area contributed by atoms with E-state index in [2.05, 4.69) is 5.32 Å². The van der Waals surface area contributed by atoms with E-state index < -0.39 is 5.82 Å². The summed E-state index contributed by atoms with van der Waals surface area (Å²) in [7, 11) is 1.61. The zero-order valence-corrected chi connectivity index (χ0v) is 14.4. The Balaban J connectivity index is 1.87. The molecule has 1 aromatic heterocycles. The smallest absolute Gasteiger partial charge is 0.287 e. The van der Waals surface area contributed by atoms with Crippen molar-refractivity contribution in [3.8, 4) is 5.75 Å². The number of carbonyl (C=O) groups excluding carboxylic acids is 1. The lowest BCUT2D eigenvalue weighted by molar-refractivity contribution is 0.0908. The predicted molar refractivity (Wildman–Crippen MR) is 94.4 cm³/mol. The van der Waals surface area contributed by atoms with E-state index in [1.165, 1.54) is 6.07 Å². The molecule has 1 heterocycles. The van der Waals surface area contributed by atoms with Gasteiger partial charge in [-0.1, -0.05) is 31.2 Å². The lowest BCUT2D eigenvalue weighted by Gasteiger charge is -2.17. The lowest BCUT2D eigenvalue weighted by Crippen LogP contribution is -2.28. The second kappa shape index (κ2) is 6.97. The van der Waals surface area contributed by atoms with E-state index in [0.29, 0.717) is 17.4 Å². The molecule has 3 aromatic rings. The summed E-state index contributed by atoms with van der Waals surface area (Å²) in [6.45, 7) is 3.74. The molecule has 0 unspecified atom stereocenters. The van der Waals surface area contributed by atoms with Gasteiger partial charge in [0, 0.05) is 10.9 Å². The van der Waals surface area contributed by atoms with Crippen LogP contribution in [-0.4, -0.2) is 13.0 Å². The molecule has 0 aliphatic rings. The van der Waals surface area contributed by atoms with Crippen LogP contribution in [0, 0.1) is 12.7 Å². The molecule has 3 rings (SSSR count). The van der Waals surface area contributed by atoms with Crippen molar-refractivity contribution in [2.75, 3.05) is 7.11 Å². The Hall–Kier alpha value is -2.82. The topological polar surface area (TPSA) is 51.5 Å². The zero-order chi connectivity index (χ0) is 18.0. The van der Waals surface area contributed by atoms with Gasteiger partial charge in [0.15, 0.2) is 17.2 Å². The van der Waals surface area contributed by atoms with Crippen LogP contribution in [0.15, 0.2) is 46.9 Å². The Morgan fingerprint density at radius 3 is 2.56 bits per heavy atom. The van der Waals surface area contributed by atoms with Crippen LogP contribution in [-0.2, 0) is 0 Å². The fourth-order valence-corrected chi connectivity index (χ4v) is 2.91. The van der Waals surface area contributed by atoms with Crippen molar-refractivity contribution < 1.29 is 18.3 Å². The number of carbonyl (C=O) groups is 1. The van der Waals surface area contributed by atoms with E-state index in [1.807, 2.05) is 31.2 Å². The Morgan fingerprint density at radius 2 is 1.96 bits per heavy atom. The Morgan fingerprint density at radius 1 is 1.24 bits per heavy atom. The van der Waals surface area contributed by atoms with Crippen LogP contribution >= 0.6 is 0 Å². The monoisotopic (exact) mass is 341 g/mol. The summed E-state index contributed by atoms with van der Waals surface area (Å²) in [5.41, 5.74) is 1.72. The predicted octanol–water partition coefficient (Wildman–Crippen LogP) is 4.77. The van der Waals surface area contributed by atoms with E-state index in [-0.39, 0.29) is 23.3 Å². The number of furan rings is 1. The maximum atomic E-state index is 13.9. The molecule has 130 valence electrons. The summed E-state index contributed by atoms with van der Waals surface area (Å²) in [6.07, 6.45) is 0.714. The highest BCUT2D eigenvalue weighted by Gasteiger charge is 2.22. The number of fused-ring (bicyclic) bond motifs is 1. The summed E-state index contributed by atoms with van der Waals surface area (Å²) in [5, 5.41) is 3.58. The van der Waals surface area contributed by atoms with Crippen molar-refractivity contribution in [2.24, 2.45) is 0 Å². The Labute approximate surface area is 145 Å². The van der Waals surface area contributed by atoms with Crippen LogP contribution in [0.5, 0.6) is 5.75 Å². The molecule has 1 N–H and O–H groups in total. The van der Waals surface area contributed by atoms with Crippen molar-refractivity contribution >= 4 is 16.9 Å². The molecule has 1 amide bonds. The van der Waals surface area contributed by atoms with E-state index in [9.17, 15) is 9.18 Å². The first-order chi connectivity index (χ1) is 12.0. The molecule has 25 heavy (non-hydrogen) atoms. The van der Waals surface area contributed by atoms with Gasteiger partial charge in [-0.3, -0.25) is 4.79 Å². The van der Waals surface area contributed by atoms with Gasteiger partial charge in [0.1, 0.15) is 5.75 Å². The molecule has 0 radical (unpaired) electrons. The quantitative estimate of drug-likeness (QED) is 0.727. The molecule has 0 bridgehead atoms. The molecule has 0 saturated carbocycles. The van der Waals surface area contributed by atoms with Crippen LogP contribution < -0.4 is 10.1 Å². The second-order valence-electron chi connectivity index (χ2n) is 5.88. The maximum Gasteiger partial charge on any atom is 0.287 e. The number of para-hydroxylation sites is 1. The van der Waals surface area contributed by atoms with Crippen molar-refractivity contribution in [1.29, 1.82) is 0 Å². The number of benzene rings is 2. The van der Waals surface area contributed by atoms with Crippen LogP contribution in [0.3, 0.4) is 0 Å². The zero-order valence-electron chi connectivity index (χ0n) is 14.4. The van der Waals surface area contributed by atoms with E-state index in [4.69, 9.17) is 9.15 Å².